The highest BCUT2D eigenvalue weighted by Crippen LogP contribution is 2.33. The van der Waals surface area contributed by atoms with Crippen LogP contribution in [-0.2, 0) is 6.18 Å². The number of aromatic nitrogens is 1. The molecule has 0 saturated heterocycles. The van der Waals surface area contributed by atoms with E-state index in [1.54, 1.807) is 6.92 Å². The minimum absolute atomic E-state index is 0.122. The molecule has 0 spiro atoms. The molecule has 0 fully saturated rings. The molecule has 0 unspecified atom stereocenters. The summed E-state index contributed by atoms with van der Waals surface area (Å²) in [5, 5.41) is 1.69. The Bertz CT molecular complexity index is 690. The number of halogens is 5. The smallest absolute Gasteiger partial charge is 0.417 e. The highest BCUT2D eigenvalue weighted by atomic mass is 35.5. The van der Waals surface area contributed by atoms with Crippen LogP contribution in [0.1, 0.15) is 18.9 Å². The summed E-state index contributed by atoms with van der Waals surface area (Å²) < 4.78 is 42.7. The first kappa shape index (κ1) is 20.0. The lowest BCUT2D eigenvalue weighted by Crippen LogP contribution is -2.18. The number of amides is 2. The molecule has 0 aromatic carbocycles. The van der Waals surface area contributed by atoms with E-state index in [0.29, 0.717) is 12.3 Å². The number of hydrogen-bond donors (Lipinski definition) is 2. The van der Waals surface area contributed by atoms with Gasteiger partial charge in [-0.05, 0) is 12.5 Å². The highest BCUT2D eigenvalue weighted by molar-refractivity contribution is 6.44. The second-order valence-electron chi connectivity index (χ2n) is 4.26. The van der Waals surface area contributed by atoms with Crippen LogP contribution >= 0.6 is 23.2 Å². The van der Waals surface area contributed by atoms with Crippen molar-refractivity contribution in [2.75, 3.05) is 7.05 Å². The Morgan fingerprint density at radius 2 is 2.12 bits per heavy atom. The average molecular weight is 385 g/mol. The third kappa shape index (κ3) is 5.27. The summed E-state index contributed by atoms with van der Waals surface area (Å²) in [5.74, 6) is -0.772. The maximum Gasteiger partial charge on any atom is 0.417 e. The third-order valence-corrected chi connectivity index (χ3v) is 3.27. The van der Waals surface area contributed by atoms with Gasteiger partial charge in [-0.25, -0.2) is 9.78 Å². The van der Waals surface area contributed by atoms with Crippen molar-refractivity contribution in [3.05, 3.63) is 33.8 Å². The molecule has 132 valence electrons. The van der Waals surface area contributed by atoms with Crippen molar-refractivity contribution >= 4 is 34.9 Å². The van der Waals surface area contributed by atoms with Gasteiger partial charge in [-0.2, -0.15) is 18.2 Å². The van der Waals surface area contributed by atoms with Crippen molar-refractivity contribution in [2.24, 2.45) is 10.7 Å². The van der Waals surface area contributed by atoms with Crippen LogP contribution in [0.4, 0.5) is 18.0 Å². The number of ether oxygens (including phenoxy) is 1. The van der Waals surface area contributed by atoms with Crippen LogP contribution in [0.2, 0.25) is 5.02 Å². The highest BCUT2D eigenvalue weighted by Gasteiger charge is 2.32. The van der Waals surface area contributed by atoms with Crippen LogP contribution in [0.5, 0.6) is 5.88 Å². The SMILES string of the molecule is CCC(=N\C(=O)NC)/C(Cl)=C(\N)Oc1ncc(C(F)(F)F)cc1Cl. The van der Waals surface area contributed by atoms with E-state index in [9.17, 15) is 18.0 Å². The third-order valence-electron chi connectivity index (χ3n) is 2.60. The quantitative estimate of drug-likeness (QED) is 0.611. The average Bonchev–Trinajstić information content (AvgIpc) is 2.52. The molecule has 0 aliphatic heterocycles. The molecule has 6 nitrogen and oxygen atoms in total. The Balaban J connectivity index is 3.11. The second-order valence-corrected chi connectivity index (χ2v) is 5.04. The minimum atomic E-state index is -4.59. The molecule has 0 aliphatic rings. The fourth-order valence-electron chi connectivity index (χ4n) is 1.41. The summed E-state index contributed by atoms with van der Waals surface area (Å²) in [7, 11) is 1.38. The Labute approximate surface area is 145 Å². The molecule has 11 heteroatoms. The predicted molar refractivity (Wildman–Crippen MR) is 84.1 cm³/mol. The summed E-state index contributed by atoms with van der Waals surface area (Å²) in [5.41, 5.74) is 4.71. The second kappa shape index (κ2) is 8.20. The molecule has 0 aliphatic carbocycles. The molecule has 24 heavy (non-hydrogen) atoms. The topological polar surface area (TPSA) is 89.6 Å². The van der Waals surface area contributed by atoms with E-state index in [4.69, 9.17) is 33.7 Å². The fraction of sp³-hybridized carbons (Fsp3) is 0.308. The van der Waals surface area contributed by atoms with Gasteiger partial charge >= 0.3 is 12.2 Å². The number of urea groups is 1. The molecule has 0 saturated carbocycles. The minimum Gasteiger partial charge on any atom is -0.420 e. The number of allylic oxidation sites excluding steroid dienone is 1. The largest absolute Gasteiger partial charge is 0.420 e. The van der Waals surface area contributed by atoms with Crippen LogP contribution in [0.15, 0.2) is 28.2 Å². The summed E-state index contributed by atoms with van der Waals surface area (Å²) in [6, 6.07) is -0.00627. The molecule has 1 rings (SSSR count). The maximum absolute atomic E-state index is 12.5. The van der Waals surface area contributed by atoms with E-state index >= 15 is 0 Å². The molecule has 0 bridgehead atoms. The van der Waals surface area contributed by atoms with E-state index in [1.165, 1.54) is 7.05 Å². The van der Waals surface area contributed by atoms with Gasteiger partial charge in [-0.1, -0.05) is 30.1 Å². The van der Waals surface area contributed by atoms with Crippen LogP contribution in [0.3, 0.4) is 0 Å². The number of hydrogen-bond acceptors (Lipinski definition) is 4. The molecular formula is C13H13Cl2F3N4O2. The van der Waals surface area contributed by atoms with Crippen molar-refractivity contribution in [3.8, 4) is 5.88 Å². The lowest BCUT2D eigenvalue weighted by molar-refractivity contribution is -0.137. The zero-order chi connectivity index (χ0) is 18.5. The van der Waals surface area contributed by atoms with Crippen molar-refractivity contribution in [3.63, 3.8) is 0 Å². The van der Waals surface area contributed by atoms with Crippen molar-refractivity contribution in [1.29, 1.82) is 0 Å². The van der Waals surface area contributed by atoms with E-state index in [2.05, 4.69) is 15.3 Å². The van der Waals surface area contributed by atoms with Gasteiger partial charge in [0.15, 0.2) is 0 Å². The number of aliphatic imine (C=N–C) groups is 1. The molecule has 1 aromatic rings. The van der Waals surface area contributed by atoms with Gasteiger partial charge in [0.25, 0.3) is 0 Å². The van der Waals surface area contributed by atoms with Crippen molar-refractivity contribution in [1.82, 2.24) is 10.3 Å². The monoisotopic (exact) mass is 384 g/mol. The Kier molecular flexibility index (Phi) is 6.85. The van der Waals surface area contributed by atoms with E-state index in [0.717, 1.165) is 0 Å². The Morgan fingerprint density at radius 3 is 2.58 bits per heavy atom. The predicted octanol–water partition coefficient (Wildman–Crippen LogP) is 3.69. The lowest BCUT2D eigenvalue weighted by Gasteiger charge is -2.11. The molecule has 1 heterocycles. The van der Waals surface area contributed by atoms with Crippen LogP contribution < -0.4 is 15.8 Å². The van der Waals surface area contributed by atoms with Crippen molar-refractivity contribution < 1.29 is 22.7 Å². The lowest BCUT2D eigenvalue weighted by atomic mass is 10.2. The summed E-state index contributed by atoms with van der Waals surface area (Å²) in [4.78, 5) is 18.4. The van der Waals surface area contributed by atoms with E-state index in [-0.39, 0.29) is 23.0 Å². The zero-order valence-corrected chi connectivity index (χ0v) is 14.1. The van der Waals surface area contributed by atoms with E-state index in [1.807, 2.05) is 0 Å². The zero-order valence-electron chi connectivity index (χ0n) is 12.5. The number of nitrogens with one attached hydrogen (secondary N) is 1. The number of pyridine rings is 1. The van der Waals surface area contributed by atoms with Gasteiger partial charge in [0.2, 0.25) is 11.8 Å². The summed E-state index contributed by atoms with van der Waals surface area (Å²) in [6.07, 6.45) is -3.80. The number of nitrogens with zero attached hydrogens (tertiary/aromatic N) is 2. The normalized spacial score (nSPS) is 13.4. The first-order valence-electron chi connectivity index (χ1n) is 6.45. The van der Waals surface area contributed by atoms with Crippen LogP contribution in [0, 0.1) is 0 Å². The number of nitrogens with two attached hydrogens (primary N) is 1. The maximum atomic E-state index is 12.5. The van der Waals surface area contributed by atoms with Gasteiger partial charge in [-0.15, -0.1) is 0 Å². The Morgan fingerprint density at radius 1 is 1.50 bits per heavy atom. The molecule has 0 radical (unpaired) electrons. The summed E-state index contributed by atoms with van der Waals surface area (Å²) in [6.45, 7) is 1.67. The van der Waals surface area contributed by atoms with Gasteiger partial charge in [0.1, 0.15) is 10.1 Å². The standard InChI is InChI=1S/C13H13Cl2F3N4O2/c1-3-8(22-12(23)20-2)9(15)10(19)24-11-7(14)4-6(5-21-11)13(16,17)18/h4-5H,3,19H2,1-2H3,(H,20,23)/b10-9-,22-8+. The van der Waals surface area contributed by atoms with Crippen LogP contribution in [-0.4, -0.2) is 23.8 Å². The molecule has 2 amide bonds. The van der Waals surface area contributed by atoms with Crippen LogP contribution in [0.25, 0.3) is 0 Å². The first-order valence-corrected chi connectivity index (χ1v) is 7.21. The van der Waals surface area contributed by atoms with Crippen molar-refractivity contribution in [2.45, 2.75) is 19.5 Å². The number of carbonyl (C=O) groups is 1. The molecule has 0 atom stereocenters. The van der Waals surface area contributed by atoms with Gasteiger partial charge < -0.3 is 15.8 Å². The molecular weight excluding hydrogens is 372 g/mol. The first-order chi connectivity index (χ1) is 11.1. The molecule has 1 aromatic heterocycles. The van der Waals surface area contributed by atoms with Gasteiger partial charge in [0.05, 0.1) is 11.3 Å². The van der Waals surface area contributed by atoms with Gasteiger partial charge in [0, 0.05) is 13.2 Å². The number of carbonyl (C=O) groups excluding carboxylic acids is 1. The van der Waals surface area contributed by atoms with E-state index < -0.39 is 28.7 Å². The summed E-state index contributed by atoms with van der Waals surface area (Å²) >= 11 is 11.7. The van der Waals surface area contributed by atoms with Gasteiger partial charge in [-0.3, -0.25) is 0 Å². The number of rotatable bonds is 4. The fourth-order valence-corrected chi connectivity index (χ4v) is 1.83. The number of alkyl halides is 3. The molecule has 3 N–H and O–H groups in total. The Hall–Kier alpha value is -2.00.